The van der Waals surface area contributed by atoms with Crippen LogP contribution in [0.25, 0.3) is 0 Å². The molecule has 1 aromatic carbocycles. The Labute approximate surface area is 103 Å². The summed E-state index contributed by atoms with van der Waals surface area (Å²) >= 11 is 0. The van der Waals surface area contributed by atoms with Gasteiger partial charge in [-0.3, -0.25) is 4.90 Å². The average molecular weight is 232 g/mol. The molecule has 1 atom stereocenters. The second kappa shape index (κ2) is 5.17. The highest BCUT2D eigenvalue weighted by Gasteiger charge is 2.25. The van der Waals surface area contributed by atoms with Crippen molar-refractivity contribution < 1.29 is 4.74 Å². The fourth-order valence-electron chi connectivity index (χ4n) is 2.91. The van der Waals surface area contributed by atoms with Gasteiger partial charge in [0, 0.05) is 25.7 Å². The average Bonchev–Trinajstić information content (AvgIpc) is 2.62. The second-order valence-corrected chi connectivity index (χ2v) is 4.83. The Morgan fingerprint density at radius 3 is 2.88 bits per heavy atom. The van der Waals surface area contributed by atoms with Crippen LogP contribution in [0.1, 0.15) is 23.6 Å². The number of benzene rings is 1. The zero-order chi connectivity index (χ0) is 11.5. The van der Waals surface area contributed by atoms with Gasteiger partial charge in [0.05, 0.1) is 13.2 Å². The van der Waals surface area contributed by atoms with Gasteiger partial charge in [0.2, 0.25) is 0 Å². The molecule has 1 unspecified atom stereocenters. The molecule has 2 heterocycles. The molecular weight excluding hydrogens is 212 g/mol. The van der Waals surface area contributed by atoms with Crippen LogP contribution in [0.4, 0.5) is 0 Å². The van der Waals surface area contributed by atoms with Crippen LogP contribution in [0.5, 0.6) is 0 Å². The zero-order valence-electron chi connectivity index (χ0n) is 10.2. The molecule has 2 aliphatic heterocycles. The van der Waals surface area contributed by atoms with E-state index in [0.717, 1.165) is 39.4 Å². The van der Waals surface area contributed by atoms with Crippen LogP contribution < -0.4 is 5.32 Å². The fraction of sp³-hybridized carbons (Fsp3) is 0.571. The summed E-state index contributed by atoms with van der Waals surface area (Å²) < 4.78 is 5.45. The van der Waals surface area contributed by atoms with E-state index in [1.54, 1.807) is 0 Å². The summed E-state index contributed by atoms with van der Waals surface area (Å²) in [4.78, 5) is 2.58. The first-order chi connectivity index (χ1) is 8.45. The van der Waals surface area contributed by atoms with Gasteiger partial charge in [-0.2, -0.15) is 0 Å². The zero-order valence-corrected chi connectivity index (χ0v) is 10.2. The minimum Gasteiger partial charge on any atom is -0.379 e. The molecule has 0 saturated carbocycles. The smallest absolute Gasteiger partial charge is 0.0594 e. The Morgan fingerprint density at radius 2 is 2.00 bits per heavy atom. The number of hydrogen-bond acceptors (Lipinski definition) is 3. The Balaban J connectivity index is 1.88. The van der Waals surface area contributed by atoms with Crippen molar-refractivity contribution in [3.05, 3.63) is 35.4 Å². The Hall–Kier alpha value is -0.900. The van der Waals surface area contributed by atoms with Gasteiger partial charge in [-0.1, -0.05) is 24.3 Å². The first kappa shape index (κ1) is 11.2. The van der Waals surface area contributed by atoms with Crippen LogP contribution in [-0.2, 0) is 11.3 Å². The van der Waals surface area contributed by atoms with Crippen molar-refractivity contribution in [2.24, 2.45) is 0 Å². The molecule has 0 spiro atoms. The van der Waals surface area contributed by atoms with E-state index < -0.39 is 0 Å². The highest BCUT2D eigenvalue weighted by Crippen LogP contribution is 2.29. The molecule has 2 aliphatic rings. The Bertz CT molecular complexity index is 374. The first-order valence-corrected chi connectivity index (χ1v) is 6.55. The lowest BCUT2D eigenvalue weighted by Gasteiger charge is -2.34. The van der Waals surface area contributed by atoms with Gasteiger partial charge in [-0.05, 0) is 24.1 Å². The number of nitrogens with zero attached hydrogens (tertiary/aromatic N) is 1. The molecule has 1 aromatic rings. The maximum atomic E-state index is 5.45. The third kappa shape index (κ3) is 2.37. The summed E-state index contributed by atoms with van der Waals surface area (Å²) in [5.74, 6) is 0. The maximum absolute atomic E-state index is 5.45. The molecule has 3 rings (SSSR count). The van der Waals surface area contributed by atoms with E-state index in [9.17, 15) is 0 Å². The molecule has 0 radical (unpaired) electrons. The largest absolute Gasteiger partial charge is 0.379 e. The quantitative estimate of drug-likeness (QED) is 0.795. The van der Waals surface area contributed by atoms with Crippen LogP contribution in [-0.4, -0.2) is 37.7 Å². The third-order valence-electron chi connectivity index (χ3n) is 3.81. The van der Waals surface area contributed by atoms with Crippen LogP contribution in [0.15, 0.2) is 24.3 Å². The molecule has 92 valence electrons. The van der Waals surface area contributed by atoms with E-state index in [1.165, 1.54) is 17.5 Å². The predicted molar refractivity (Wildman–Crippen MR) is 67.9 cm³/mol. The molecule has 1 fully saturated rings. The van der Waals surface area contributed by atoms with Crippen LogP contribution in [0.2, 0.25) is 0 Å². The van der Waals surface area contributed by atoms with Gasteiger partial charge >= 0.3 is 0 Å². The van der Waals surface area contributed by atoms with Gasteiger partial charge in [0.15, 0.2) is 0 Å². The van der Waals surface area contributed by atoms with Crippen LogP contribution >= 0.6 is 0 Å². The van der Waals surface area contributed by atoms with Gasteiger partial charge in [-0.15, -0.1) is 0 Å². The maximum Gasteiger partial charge on any atom is 0.0594 e. The summed E-state index contributed by atoms with van der Waals surface area (Å²) in [5.41, 5.74) is 2.97. The van der Waals surface area contributed by atoms with E-state index in [-0.39, 0.29) is 0 Å². The highest BCUT2D eigenvalue weighted by atomic mass is 16.5. The summed E-state index contributed by atoms with van der Waals surface area (Å²) in [6.45, 7) is 6.02. The summed E-state index contributed by atoms with van der Waals surface area (Å²) in [6.07, 6.45) is 1.21. The third-order valence-corrected chi connectivity index (χ3v) is 3.81. The summed E-state index contributed by atoms with van der Waals surface area (Å²) in [7, 11) is 0. The number of hydrogen-bond donors (Lipinski definition) is 1. The minimum absolute atomic E-state index is 0.574. The highest BCUT2D eigenvalue weighted by molar-refractivity contribution is 5.31. The van der Waals surface area contributed by atoms with Gasteiger partial charge in [0.25, 0.3) is 0 Å². The van der Waals surface area contributed by atoms with Crippen molar-refractivity contribution in [2.75, 3.05) is 32.8 Å². The normalized spacial score (nSPS) is 26.2. The molecule has 17 heavy (non-hydrogen) atoms. The number of rotatable bonds is 1. The molecule has 0 amide bonds. The van der Waals surface area contributed by atoms with Crippen molar-refractivity contribution >= 4 is 0 Å². The van der Waals surface area contributed by atoms with Gasteiger partial charge in [0.1, 0.15) is 0 Å². The van der Waals surface area contributed by atoms with Crippen molar-refractivity contribution in [1.82, 2.24) is 10.2 Å². The van der Waals surface area contributed by atoms with E-state index in [0.29, 0.717) is 6.04 Å². The van der Waals surface area contributed by atoms with Crippen molar-refractivity contribution in [2.45, 2.75) is 19.0 Å². The Kier molecular flexibility index (Phi) is 3.41. The standard InChI is InChI=1S/C14H20N2O/c1-2-4-13-12(3-1)11-15-6-5-14(13)16-7-9-17-10-8-16/h1-4,14-15H,5-11H2. The number of morpholine rings is 1. The Morgan fingerprint density at radius 1 is 1.18 bits per heavy atom. The SMILES string of the molecule is c1ccc2c(c1)CNCCC2N1CCOCC1. The lowest BCUT2D eigenvalue weighted by Crippen LogP contribution is -2.39. The monoisotopic (exact) mass is 232 g/mol. The fourth-order valence-corrected chi connectivity index (χ4v) is 2.91. The summed E-state index contributed by atoms with van der Waals surface area (Å²) in [5, 5.41) is 3.51. The molecule has 1 saturated heterocycles. The molecular formula is C14H20N2O. The minimum atomic E-state index is 0.574. The summed E-state index contributed by atoms with van der Waals surface area (Å²) in [6, 6.07) is 9.42. The van der Waals surface area contributed by atoms with E-state index >= 15 is 0 Å². The topological polar surface area (TPSA) is 24.5 Å². The molecule has 1 N–H and O–H groups in total. The molecule has 0 aromatic heterocycles. The van der Waals surface area contributed by atoms with Crippen LogP contribution in [0.3, 0.4) is 0 Å². The lowest BCUT2D eigenvalue weighted by molar-refractivity contribution is 0.0147. The molecule has 3 heteroatoms. The van der Waals surface area contributed by atoms with E-state index in [4.69, 9.17) is 4.74 Å². The van der Waals surface area contributed by atoms with E-state index in [1.807, 2.05) is 0 Å². The van der Waals surface area contributed by atoms with Crippen molar-refractivity contribution in [3.8, 4) is 0 Å². The van der Waals surface area contributed by atoms with Crippen LogP contribution in [0, 0.1) is 0 Å². The lowest BCUT2D eigenvalue weighted by atomic mass is 9.97. The number of fused-ring (bicyclic) bond motifs is 1. The van der Waals surface area contributed by atoms with Crippen molar-refractivity contribution in [1.29, 1.82) is 0 Å². The molecule has 0 bridgehead atoms. The first-order valence-electron chi connectivity index (χ1n) is 6.55. The molecule has 3 nitrogen and oxygen atoms in total. The number of nitrogens with one attached hydrogen (secondary N) is 1. The van der Waals surface area contributed by atoms with Gasteiger partial charge in [-0.25, -0.2) is 0 Å². The predicted octanol–water partition coefficient (Wildman–Crippen LogP) is 1.55. The van der Waals surface area contributed by atoms with Crippen molar-refractivity contribution in [3.63, 3.8) is 0 Å². The second-order valence-electron chi connectivity index (χ2n) is 4.83. The van der Waals surface area contributed by atoms with E-state index in [2.05, 4.69) is 34.5 Å². The van der Waals surface area contributed by atoms with Gasteiger partial charge < -0.3 is 10.1 Å². The molecule has 0 aliphatic carbocycles. The number of ether oxygens (including phenoxy) is 1.